The van der Waals surface area contributed by atoms with Gasteiger partial charge in [-0.25, -0.2) is 0 Å². The molecule has 0 bridgehead atoms. The van der Waals surface area contributed by atoms with Crippen LogP contribution in [0.2, 0.25) is 0 Å². The number of rotatable bonds is 2. The number of benzene rings is 2. The molecule has 0 spiro atoms. The topological polar surface area (TPSA) is 26.0 Å². The van der Waals surface area contributed by atoms with Crippen LogP contribution >= 0.6 is 31.9 Å². The van der Waals surface area contributed by atoms with Crippen molar-refractivity contribution in [3.8, 4) is 0 Å². The summed E-state index contributed by atoms with van der Waals surface area (Å²) in [6.07, 6.45) is 0. The Kier molecular flexibility index (Phi) is 3.89. The highest BCUT2D eigenvalue weighted by Gasteiger charge is 2.13. The van der Waals surface area contributed by atoms with E-state index in [1.807, 2.05) is 12.1 Å². The maximum Gasteiger partial charge on any atom is 0.0497 e. The second-order valence-corrected chi connectivity index (χ2v) is 5.79. The van der Waals surface area contributed by atoms with E-state index in [1.165, 1.54) is 5.56 Å². The molecule has 0 aromatic heterocycles. The highest BCUT2D eigenvalue weighted by atomic mass is 79.9. The van der Waals surface area contributed by atoms with Crippen LogP contribution in [0.1, 0.15) is 24.0 Å². The van der Waals surface area contributed by atoms with Gasteiger partial charge in [-0.05, 0) is 39.2 Å². The van der Waals surface area contributed by atoms with E-state index in [0.717, 1.165) is 20.2 Å². The molecule has 3 heteroatoms. The first-order valence-electron chi connectivity index (χ1n) is 5.39. The average molecular weight is 355 g/mol. The van der Waals surface area contributed by atoms with Gasteiger partial charge in [-0.1, -0.05) is 53.2 Å². The molecule has 2 rings (SSSR count). The smallest absolute Gasteiger partial charge is 0.0497 e. The van der Waals surface area contributed by atoms with Crippen molar-refractivity contribution in [3.05, 3.63) is 62.5 Å². The average Bonchev–Trinajstić information content (AvgIpc) is 2.34. The van der Waals surface area contributed by atoms with Gasteiger partial charge in [0.2, 0.25) is 0 Å². The van der Waals surface area contributed by atoms with Crippen LogP contribution in [-0.2, 0) is 0 Å². The molecule has 0 aliphatic rings. The van der Waals surface area contributed by atoms with Gasteiger partial charge in [0.15, 0.2) is 0 Å². The minimum Gasteiger partial charge on any atom is -0.398 e. The lowest BCUT2D eigenvalue weighted by atomic mass is 9.92. The molecule has 0 saturated heterocycles. The van der Waals surface area contributed by atoms with Crippen LogP contribution in [0.4, 0.5) is 5.69 Å². The SMILES string of the molecule is C[C@@H](c1ccccc1)c1cc(Br)cc(Br)c1N. The number of hydrogen-bond donors (Lipinski definition) is 1. The highest BCUT2D eigenvalue weighted by Crippen LogP contribution is 2.35. The quantitative estimate of drug-likeness (QED) is 0.759. The zero-order chi connectivity index (χ0) is 12.4. The summed E-state index contributed by atoms with van der Waals surface area (Å²) in [5.74, 6) is 0.282. The predicted octanol–water partition coefficient (Wildman–Crippen LogP) is 4.95. The second kappa shape index (κ2) is 5.23. The molecule has 1 nitrogen and oxygen atoms in total. The molecule has 0 fully saturated rings. The fraction of sp³-hybridized carbons (Fsp3) is 0.143. The van der Waals surface area contributed by atoms with Crippen molar-refractivity contribution in [3.63, 3.8) is 0 Å². The van der Waals surface area contributed by atoms with Crippen molar-refractivity contribution < 1.29 is 0 Å². The fourth-order valence-electron chi connectivity index (χ4n) is 1.88. The zero-order valence-corrected chi connectivity index (χ0v) is 12.6. The number of nitrogens with two attached hydrogens (primary N) is 1. The van der Waals surface area contributed by atoms with E-state index in [9.17, 15) is 0 Å². The van der Waals surface area contributed by atoms with Crippen LogP contribution in [0, 0.1) is 0 Å². The largest absolute Gasteiger partial charge is 0.398 e. The molecule has 2 aromatic carbocycles. The summed E-state index contributed by atoms with van der Waals surface area (Å²) in [5.41, 5.74) is 9.34. The third-order valence-corrected chi connectivity index (χ3v) is 4.01. The maximum atomic E-state index is 6.12. The van der Waals surface area contributed by atoms with E-state index in [1.54, 1.807) is 0 Å². The van der Waals surface area contributed by atoms with Crippen LogP contribution in [0.25, 0.3) is 0 Å². The van der Waals surface area contributed by atoms with Crippen molar-refractivity contribution in [1.29, 1.82) is 0 Å². The number of nitrogen functional groups attached to an aromatic ring is 1. The van der Waals surface area contributed by atoms with Gasteiger partial charge in [0.05, 0.1) is 0 Å². The van der Waals surface area contributed by atoms with E-state index < -0.39 is 0 Å². The highest BCUT2D eigenvalue weighted by molar-refractivity contribution is 9.11. The number of anilines is 1. The van der Waals surface area contributed by atoms with Gasteiger partial charge < -0.3 is 5.73 Å². The summed E-state index contributed by atoms with van der Waals surface area (Å²) in [5, 5.41) is 0. The Morgan fingerprint density at radius 2 is 1.71 bits per heavy atom. The van der Waals surface area contributed by atoms with Crippen molar-refractivity contribution >= 4 is 37.5 Å². The van der Waals surface area contributed by atoms with Gasteiger partial charge in [0.1, 0.15) is 0 Å². The predicted molar refractivity (Wildman–Crippen MR) is 80.2 cm³/mol. The minimum absolute atomic E-state index is 0.282. The molecule has 0 radical (unpaired) electrons. The van der Waals surface area contributed by atoms with Gasteiger partial charge in [-0.2, -0.15) is 0 Å². The van der Waals surface area contributed by atoms with Gasteiger partial charge in [-0.3, -0.25) is 0 Å². The Morgan fingerprint density at radius 3 is 2.35 bits per heavy atom. The summed E-state index contributed by atoms with van der Waals surface area (Å²) < 4.78 is 1.97. The molecule has 0 unspecified atom stereocenters. The Hall–Kier alpha value is -0.800. The molecule has 17 heavy (non-hydrogen) atoms. The molecule has 0 aliphatic heterocycles. The van der Waals surface area contributed by atoms with Crippen molar-refractivity contribution in [2.45, 2.75) is 12.8 Å². The Morgan fingerprint density at radius 1 is 1.06 bits per heavy atom. The van der Waals surface area contributed by atoms with Gasteiger partial charge in [0, 0.05) is 20.6 Å². The molecular weight excluding hydrogens is 342 g/mol. The Bertz CT molecular complexity index is 523. The molecule has 1 atom stereocenters. The summed E-state index contributed by atoms with van der Waals surface area (Å²) >= 11 is 6.99. The van der Waals surface area contributed by atoms with E-state index >= 15 is 0 Å². The van der Waals surface area contributed by atoms with Crippen molar-refractivity contribution in [2.24, 2.45) is 0 Å². The second-order valence-electron chi connectivity index (χ2n) is 4.02. The fourth-order valence-corrected chi connectivity index (χ4v) is 3.14. The normalized spacial score (nSPS) is 12.4. The van der Waals surface area contributed by atoms with Crippen LogP contribution in [-0.4, -0.2) is 0 Å². The van der Waals surface area contributed by atoms with Crippen molar-refractivity contribution in [1.82, 2.24) is 0 Å². The Balaban J connectivity index is 2.48. The summed E-state index contributed by atoms with van der Waals surface area (Å²) in [7, 11) is 0. The molecular formula is C14H13Br2N. The van der Waals surface area contributed by atoms with E-state index in [0.29, 0.717) is 0 Å². The maximum absolute atomic E-state index is 6.12. The first kappa shape index (κ1) is 12.7. The number of hydrogen-bond acceptors (Lipinski definition) is 1. The Labute approximate surface area is 118 Å². The molecule has 88 valence electrons. The summed E-state index contributed by atoms with van der Waals surface area (Å²) in [6.45, 7) is 2.17. The van der Waals surface area contributed by atoms with Gasteiger partial charge >= 0.3 is 0 Å². The lowest BCUT2D eigenvalue weighted by molar-refractivity contribution is 0.923. The molecule has 0 amide bonds. The molecule has 0 saturated carbocycles. The van der Waals surface area contributed by atoms with E-state index in [-0.39, 0.29) is 5.92 Å². The monoisotopic (exact) mass is 353 g/mol. The van der Waals surface area contributed by atoms with E-state index in [2.05, 4.69) is 69.1 Å². The molecule has 2 N–H and O–H groups in total. The first-order valence-corrected chi connectivity index (χ1v) is 6.97. The standard InChI is InChI=1S/C14H13Br2N/c1-9(10-5-3-2-4-6-10)12-7-11(15)8-13(16)14(12)17/h2-9H,17H2,1H3/t9-/m0/s1. The summed E-state index contributed by atoms with van der Waals surface area (Å²) in [4.78, 5) is 0. The lowest BCUT2D eigenvalue weighted by Gasteiger charge is -2.16. The molecule has 2 aromatic rings. The number of halogens is 2. The van der Waals surface area contributed by atoms with Crippen LogP contribution < -0.4 is 5.73 Å². The zero-order valence-electron chi connectivity index (χ0n) is 9.45. The van der Waals surface area contributed by atoms with Crippen LogP contribution in [0.3, 0.4) is 0 Å². The van der Waals surface area contributed by atoms with Crippen LogP contribution in [0.15, 0.2) is 51.4 Å². The lowest BCUT2D eigenvalue weighted by Crippen LogP contribution is -2.02. The molecule has 0 heterocycles. The minimum atomic E-state index is 0.282. The van der Waals surface area contributed by atoms with E-state index in [4.69, 9.17) is 5.73 Å². The molecule has 0 aliphatic carbocycles. The first-order chi connectivity index (χ1) is 8.09. The van der Waals surface area contributed by atoms with Crippen LogP contribution in [0.5, 0.6) is 0 Å². The van der Waals surface area contributed by atoms with Crippen molar-refractivity contribution in [2.75, 3.05) is 5.73 Å². The van der Waals surface area contributed by atoms with Gasteiger partial charge in [0.25, 0.3) is 0 Å². The van der Waals surface area contributed by atoms with Gasteiger partial charge in [-0.15, -0.1) is 0 Å². The third-order valence-electron chi connectivity index (χ3n) is 2.89. The third kappa shape index (κ3) is 2.72. The summed E-state index contributed by atoms with van der Waals surface area (Å²) in [6, 6.07) is 14.4.